The smallest absolute Gasteiger partial charge is 0.263 e. The van der Waals surface area contributed by atoms with Crippen molar-refractivity contribution in [3.05, 3.63) is 16.1 Å². The Balaban J connectivity index is 1.77. The average Bonchev–Trinajstić information content (AvgIpc) is 3.18. The summed E-state index contributed by atoms with van der Waals surface area (Å²) in [6, 6.07) is -0.600. The van der Waals surface area contributed by atoms with E-state index in [1.54, 1.807) is 0 Å². The fraction of sp³-hybridized carbons (Fsp3) is 0.600. The van der Waals surface area contributed by atoms with Crippen LogP contribution < -0.4 is 0 Å². The molecule has 2 heterocycles. The van der Waals surface area contributed by atoms with E-state index in [0.29, 0.717) is 11.6 Å². The second-order valence-corrected chi connectivity index (χ2v) is 7.01. The van der Waals surface area contributed by atoms with Gasteiger partial charge in [0.05, 0.1) is 17.2 Å². The Morgan fingerprint density at radius 1 is 1.23 bits per heavy atom. The molecule has 0 atom stereocenters. The van der Waals surface area contributed by atoms with Crippen molar-refractivity contribution in [1.29, 1.82) is 0 Å². The van der Waals surface area contributed by atoms with Gasteiger partial charge in [-0.25, -0.2) is 14.7 Å². The minimum absolute atomic E-state index is 0.0792. The van der Waals surface area contributed by atoms with E-state index in [1.807, 2.05) is 19.2 Å². The van der Waals surface area contributed by atoms with Gasteiger partial charge in [0.15, 0.2) is 0 Å². The number of hydrogen-bond donors (Lipinski definition) is 0. The highest BCUT2D eigenvalue weighted by atomic mass is 32.1. The minimum Gasteiger partial charge on any atom is -0.263 e. The third-order valence-electron chi connectivity index (χ3n) is 4.16. The molecule has 0 unspecified atom stereocenters. The number of thiazole rings is 1. The summed E-state index contributed by atoms with van der Waals surface area (Å²) in [5, 5.41) is 2.81. The number of urea groups is 1. The van der Waals surface area contributed by atoms with E-state index in [-0.39, 0.29) is 12.6 Å². The van der Waals surface area contributed by atoms with Gasteiger partial charge in [-0.15, -0.1) is 11.3 Å². The minimum atomic E-state index is -0.726. The molecular weight excluding hydrogens is 302 g/mol. The highest BCUT2D eigenvalue weighted by Gasteiger charge is 2.48. The Morgan fingerprint density at radius 2 is 1.91 bits per heavy atom. The van der Waals surface area contributed by atoms with Crippen LogP contribution in [0.2, 0.25) is 0 Å². The molecule has 1 aromatic rings. The van der Waals surface area contributed by atoms with E-state index in [4.69, 9.17) is 0 Å². The van der Waals surface area contributed by atoms with Gasteiger partial charge in [-0.3, -0.25) is 14.5 Å². The number of carbonyl (C=O) groups excluding carboxylic acids is 3. The molecule has 0 aromatic carbocycles. The summed E-state index contributed by atoms with van der Waals surface area (Å²) in [4.78, 5) is 43.3. The predicted octanol–water partition coefficient (Wildman–Crippen LogP) is 2.50. The maximum absolute atomic E-state index is 12.4. The number of aromatic nitrogens is 1. The van der Waals surface area contributed by atoms with E-state index in [0.717, 1.165) is 40.5 Å². The second-order valence-electron chi connectivity index (χ2n) is 6.12. The summed E-state index contributed by atoms with van der Waals surface area (Å²) >= 11 is 1.51. The third-order valence-corrected chi connectivity index (χ3v) is 5.35. The Hall–Kier alpha value is -1.76. The van der Waals surface area contributed by atoms with Gasteiger partial charge in [-0.05, 0) is 12.8 Å². The molecule has 3 rings (SSSR count). The average molecular weight is 321 g/mol. The SMILES string of the molecule is CC(C)c1nc(CN2C(=O)C(=O)N(C3CCCC3)C2=O)cs1. The van der Waals surface area contributed by atoms with Crippen LogP contribution in [0.1, 0.15) is 56.2 Å². The summed E-state index contributed by atoms with van der Waals surface area (Å²) in [5.41, 5.74) is 0.663. The number of imide groups is 2. The quantitative estimate of drug-likeness (QED) is 0.631. The largest absolute Gasteiger partial charge is 0.334 e. The molecule has 4 amide bonds. The van der Waals surface area contributed by atoms with Crippen LogP contribution in [0.15, 0.2) is 5.38 Å². The van der Waals surface area contributed by atoms with Gasteiger partial charge in [-0.2, -0.15) is 0 Å². The lowest BCUT2D eigenvalue weighted by atomic mass is 10.2. The number of rotatable bonds is 4. The summed E-state index contributed by atoms with van der Waals surface area (Å²) < 4.78 is 0. The van der Waals surface area contributed by atoms with E-state index < -0.39 is 17.8 Å². The van der Waals surface area contributed by atoms with Gasteiger partial charge >= 0.3 is 17.8 Å². The van der Waals surface area contributed by atoms with Crippen molar-refractivity contribution in [3.63, 3.8) is 0 Å². The summed E-state index contributed by atoms with van der Waals surface area (Å²) in [6.07, 6.45) is 3.60. The van der Waals surface area contributed by atoms with E-state index >= 15 is 0 Å². The molecule has 118 valence electrons. The first-order chi connectivity index (χ1) is 10.5. The van der Waals surface area contributed by atoms with Crippen LogP contribution in [0, 0.1) is 0 Å². The first-order valence-electron chi connectivity index (χ1n) is 7.62. The van der Waals surface area contributed by atoms with E-state index in [9.17, 15) is 14.4 Å². The Kier molecular flexibility index (Phi) is 3.99. The highest BCUT2D eigenvalue weighted by molar-refractivity contribution is 7.09. The van der Waals surface area contributed by atoms with Crippen molar-refractivity contribution >= 4 is 29.2 Å². The van der Waals surface area contributed by atoms with Crippen LogP contribution in [0.5, 0.6) is 0 Å². The predicted molar refractivity (Wildman–Crippen MR) is 81.3 cm³/mol. The van der Waals surface area contributed by atoms with E-state index in [1.165, 1.54) is 11.3 Å². The maximum Gasteiger partial charge on any atom is 0.334 e. The molecule has 2 fully saturated rings. The monoisotopic (exact) mass is 321 g/mol. The molecule has 6 nitrogen and oxygen atoms in total. The van der Waals surface area contributed by atoms with E-state index in [2.05, 4.69) is 4.98 Å². The lowest BCUT2D eigenvalue weighted by molar-refractivity contribution is -0.144. The van der Waals surface area contributed by atoms with Crippen molar-refractivity contribution < 1.29 is 14.4 Å². The fourth-order valence-electron chi connectivity index (χ4n) is 2.97. The molecule has 22 heavy (non-hydrogen) atoms. The zero-order valence-corrected chi connectivity index (χ0v) is 13.6. The van der Waals surface area contributed by atoms with Gasteiger partial charge in [0, 0.05) is 17.3 Å². The van der Waals surface area contributed by atoms with Crippen LogP contribution >= 0.6 is 11.3 Å². The van der Waals surface area contributed by atoms with Gasteiger partial charge in [0.1, 0.15) is 0 Å². The van der Waals surface area contributed by atoms with Crippen molar-refractivity contribution in [1.82, 2.24) is 14.8 Å². The third kappa shape index (κ3) is 2.54. The standard InChI is InChI=1S/C15H19N3O3S/c1-9(2)12-16-10(8-22-12)7-17-13(19)14(20)18(15(17)21)11-5-3-4-6-11/h8-9,11H,3-7H2,1-2H3. The van der Waals surface area contributed by atoms with Crippen molar-refractivity contribution in [2.75, 3.05) is 0 Å². The molecule has 7 heteroatoms. The van der Waals surface area contributed by atoms with Crippen molar-refractivity contribution in [2.45, 2.75) is 58.0 Å². The molecular formula is C15H19N3O3S. The van der Waals surface area contributed by atoms with Crippen molar-refractivity contribution in [2.24, 2.45) is 0 Å². The molecule has 1 saturated carbocycles. The maximum atomic E-state index is 12.4. The molecule has 2 aliphatic rings. The zero-order chi connectivity index (χ0) is 15.9. The first kappa shape index (κ1) is 15.1. The van der Waals surface area contributed by atoms with Crippen molar-refractivity contribution in [3.8, 4) is 0 Å². The molecule has 1 aromatic heterocycles. The molecule has 0 radical (unpaired) electrons. The van der Waals surface area contributed by atoms with Gasteiger partial charge in [0.25, 0.3) is 0 Å². The van der Waals surface area contributed by atoms with Gasteiger partial charge in [0.2, 0.25) is 0 Å². The molecule has 0 N–H and O–H groups in total. The second kappa shape index (κ2) is 5.79. The summed E-state index contributed by atoms with van der Waals surface area (Å²) in [5.74, 6) is -1.10. The number of hydrogen-bond acceptors (Lipinski definition) is 5. The summed E-state index contributed by atoms with van der Waals surface area (Å²) in [6.45, 7) is 4.16. The molecule has 1 aliphatic carbocycles. The highest BCUT2D eigenvalue weighted by Crippen LogP contribution is 2.29. The Labute approximate surface area is 133 Å². The number of amides is 4. The lowest BCUT2D eigenvalue weighted by Crippen LogP contribution is -2.39. The van der Waals surface area contributed by atoms with Crippen LogP contribution in [0.4, 0.5) is 4.79 Å². The van der Waals surface area contributed by atoms with Crippen LogP contribution in [0.25, 0.3) is 0 Å². The van der Waals surface area contributed by atoms with Gasteiger partial charge < -0.3 is 0 Å². The first-order valence-corrected chi connectivity index (χ1v) is 8.50. The Morgan fingerprint density at radius 3 is 2.50 bits per heavy atom. The number of carbonyl (C=O) groups is 3. The topological polar surface area (TPSA) is 70.6 Å². The molecule has 0 bridgehead atoms. The normalized spacial score (nSPS) is 20.0. The van der Waals surface area contributed by atoms with Gasteiger partial charge in [-0.1, -0.05) is 26.7 Å². The Bertz CT molecular complexity index is 619. The summed E-state index contributed by atoms with van der Waals surface area (Å²) in [7, 11) is 0. The molecule has 1 aliphatic heterocycles. The van der Waals surface area contributed by atoms with Crippen LogP contribution in [-0.4, -0.2) is 38.7 Å². The number of nitrogens with zero attached hydrogens (tertiary/aromatic N) is 3. The lowest BCUT2D eigenvalue weighted by Gasteiger charge is -2.20. The molecule has 0 spiro atoms. The van der Waals surface area contributed by atoms with Crippen LogP contribution in [-0.2, 0) is 16.1 Å². The molecule has 1 saturated heterocycles. The zero-order valence-electron chi connectivity index (χ0n) is 12.7. The fourth-order valence-corrected chi connectivity index (χ4v) is 3.79. The van der Waals surface area contributed by atoms with Crippen LogP contribution in [0.3, 0.4) is 0 Å².